The lowest BCUT2D eigenvalue weighted by Gasteiger charge is -2.00. The second-order valence-electron chi connectivity index (χ2n) is 3.65. The van der Waals surface area contributed by atoms with Gasteiger partial charge in [-0.05, 0) is 30.9 Å². The van der Waals surface area contributed by atoms with Crippen molar-refractivity contribution in [2.75, 3.05) is 6.26 Å². The van der Waals surface area contributed by atoms with Gasteiger partial charge in [0.2, 0.25) is 0 Å². The highest BCUT2D eigenvalue weighted by molar-refractivity contribution is 7.90. The molecule has 2 rings (SSSR count). The monoisotopic (exact) mass is 213 g/mol. The van der Waals surface area contributed by atoms with Crippen LogP contribution >= 0.6 is 0 Å². The summed E-state index contributed by atoms with van der Waals surface area (Å²) in [7, 11) is -3.40. The number of hydrogen-bond donors (Lipinski definition) is 1. The molecule has 0 amide bonds. The van der Waals surface area contributed by atoms with Crippen LogP contribution < -0.4 is 5.56 Å². The van der Waals surface area contributed by atoms with Gasteiger partial charge in [0.25, 0.3) is 5.56 Å². The zero-order valence-electron chi connectivity index (χ0n) is 7.78. The molecular weight excluding hydrogens is 202 g/mol. The molecule has 0 spiro atoms. The topological polar surface area (TPSA) is 67.0 Å². The van der Waals surface area contributed by atoms with E-state index in [1.165, 1.54) is 6.07 Å². The van der Waals surface area contributed by atoms with Crippen LogP contribution in [0.5, 0.6) is 0 Å². The molecule has 0 bridgehead atoms. The standard InChI is InChI=1S/C9H11NO3S/c1-14(12,13)8-5-4-7(6-2-3-6)10-9(8)11/h4-6H,2-3H2,1H3,(H,10,11). The highest BCUT2D eigenvalue weighted by Gasteiger charge is 2.25. The molecule has 1 aliphatic carbocycles. The van der Waals surface area contributed by atoms with Crippen LogP contribution in [0, 0.1) is 0 Å². The molecule has 1 heterocycles. The summed E-state index contributed by atoms with van der Waals surface area (Å²) in [6.07, 6.45) is 3.19. The van der Waals surface area contributed by atoms with Gasteiger partial charge in [-0.25, -0.2) is 8.42 Å². The Morgan fingerprint density at radius 3 is 2.43 bits per heavy atom. The number of aromatic amines is 1. The van der Waals surface area contributed by atoms with E-state index in [1.54, 1.807) is 6.07 Å². The van der Waals surface area contributed by atoms with Crippen LogP contribution in [-0.2, 0) is 9.84 Å². The van der Waals surface area contributed by atoms with Gasteiger partial charge in [-0.2, -0.15) is 0 Å². The van der Waals surface area contributed by atoms with Crippen LogP contribution in [0.2, 0.25) is 0 Å². The largest absolute Gasteiger partial charge is 0.325 e. The Hall–Kier alpha value is -1.10. The predicted octanol–water partition coefficient (Wildman–Crippen LogP) is 0.656. The summed E-state index contributed by atoms with van der Waals surface area (Å²) < 4.78 is 22.3. The summed E-state index contributed by atoms with van der Waals surface area (Å²) in [5.41, 5.74) is 0.347. The fourth-order valence-corrected chi connectivity index (χ4v) is 2.10. The van der Waals surface area contributed by atoms with E-state index in [0.717, 1.165) is 24.8 Å². The molecule has 0 aromatic carbocycles. The molecule has 0 aliphatic heterocycles. The predicted molar refractivity (Wildman–Crippen MR) is 52.1 cm³/mol. The van der Waals surface area contributed by atoms with Crippen LogP contribution in [0.25, 0.3) is 0 Å². The van der Waals surface area contributed by atoms with Gasteiger partial charge in [-0.1, -0.05) is 0 Å². The average molecular weight is 213 g/mol. The Morgan fingerprint density at radius 1 is 1.36 bits per heavy atom. The highest BCUT2D eigenvalue weighted by Crippen LogP contribution is 2.38. The van der Waals surface area contributed by atoms with E-state index in [0.29, 0.717) is 5.92 Å². The normalized spacial score (nSPS) is 16.9. The second-order valence-corrected chi connectivity index (χ2v) is 5.64. The van der Waals surface area contributed by atoms with Crippen molar-refractivity contribution in [2.24, 2.45) is 0 Å². The summed E-state index contributed by atoms with van der Waals surface area (Å²) in [6.45, 7) is 0. The number of rotatable bonds is 2. The van der Waals surface area contributed by atoms with Crippen molar-refractivity contribution in [3.05, 3.63) is 28.2 Å². The molecule has 5 heteroatoms. The lowest BCUT2D eigenvalue weighted by atomic mass is 10.2. The first kappa shape index (κ1) is 9.45. The maximum absolute atomic E-state index is 11.4. The van der Waals surface area contributed by atoms with E-state index >= 15 is 0 Å². The Kier molecular flexibility index (Phi) is 1.99. The first-order valence-corrected chi connectivity index (χ1v) is 6.31. The quantitative estimate of drug-likeness (QED) is 0.784. The van der Waals surface area contributed by atoms with Crippen LogP contribution in [0.4, 0.5) is 0 Å². The van der Waals surface area contributed by atoms with E-state index in [4.69, 9.17) is 0 Å². The fourth-order valence-electron chi connectivity index (χ4n) is 1.40. The van der Waals surface area contributed by atoms with Gasteiger partial charge in [0.05, 0.1) is 0 Å². The molecule has 1 N–H and O–H groups in total. The number of sulfone groups is 1. The Labute approximate surface area is 81.9 Å². The van der Waals surface area contributed by atoms with Crippen molar-refractivity contribution in [1.29, 1.82) is 0 Å². The lowest BCUT2D eigenvalue weighted by Crippen LogP contribution is -2.17. The maximum atomic E-state index is 11.4. The minimum atomic E-state index is -3.40. The van der Waals surface area contributed by atoms with Gasteiger partial charge in [-0.15, -0.1) is 0 Å². The van der Waals surface area contributed by atoms with E-state index in [-0.39, 0.29) is 4.90 Å². The zero-order chi connectivity index (χ0) is 10.3. The van der Waals surface area contributed by atoms with Gasteiger partial charge in [0.15, 0.2) is 9.84 Å². The summed E-state index contributed by atoms with van der Waals surface area (Å²) in [5, 5.41) is 0. The fraction of sp³-hybridized carbons (Fsp3) is 0.444. The van der Waals surface area contributed by atoms with E-state index in [9.17, 15) is 13.2 Å². The third kappa shape index (κ3) is 1.72. The van der Waals surface area contributed by atoms with Crippen molar-refractivity contribution in [3.8, 4) is 0 Å². The van der Waals surface area contributed by atoms with E-state index < -0.39 is 15.4 Å². The molecule has 1 saturated carbocycles. The van der Waals surface area contributed by atoms with E-state index in [1.807, 2.05) is 0 Å². The molecule has 1 aromatic rings. The molecule has 4 nitrogen and oxygen atoms in total. The molecule has 0 saturated heterocycles. The summed E-state index contributed by atoms with van der Waals surface area (Å²) in [6, 6.07) is 3.08. The first-order chi connectivity index (χ1) is 6.48. The van der Waals surface area contributed by atoms with Crippen LogP contribution in [0.3, 0.4) is 0 Å². The van der Waals surface area contributed by atoms with Gasteiger partial charge >= 0.3 is 0 Å². The van der Waals surface area contributed by atoms with Crippen LogP contribution in [0.1, 0.15) is 24.5 Å². The van der Waals surface area contributed by atoms with Crippen molar-refractivity contribution < 1.29 is 8.42 Å². The van der Waals surface area contributed by atoms with Crippen LogP contribution in [-0.4, -0.2) is 19.7 Å². The third-order valence-corrected chi connectivity index (χ3v) is 3.43. The molecule has 1 fully saturated rings. The summed E-state index contributed by atoms with van der Waals surface area (Å²) in [4.78, 5) is 13.8. The van der Waals surface area contributed by atoms with Crippen LogP contribution in [0.15, 0.2) is 21.8 Å². The number of hydrogen-bond acceptors (Lipinski definition) is 3. The molecule has 1 aliphatic rings. The Morgan fingerprint density at radius 2 is 2.00 bits per heavy atom. The highest BCUT2D eigenvalue weighted by atomic mass is 32.2. The van der Waals surface area contributed by atoms with E-state index in [2.05, 4.69) is 4.98 Å². The number of H-pyrrole nitrogens is 1. The smallest absolute Gasteiger partial charge is 0.266 e. The Bertz CT molecular complexity index is 511. The number of pyridine rings is 1. The molecule has 76 valence electrons. The third-order valence-electron chi connectivity index (χ3n) is 2.31. The molecule has 1 aromatic heterocycles. The average Bonchev–Trinajstić information content (AvgIpc) is 2.83. The first-order valence-electron chi connectivity index (χ1n) is 4.42. The summed E-state index contributed by atoms with van der Waals surface area (Å²) >= 11 is 0. The Balaban J connectivity index is 2.51. The molecular formula is C9H11NO3S. The molecule has 0 unspecified atom stereocenters. The van der Waals surface area contributed by atoms with Crippen molar-refractivity contribution in [3.63, 3.8) is 0 Å². The SMILES string of the molecule is CS(=O)(=O)c1ccc(C2CC2)[nH]c1=O. The van der Waals surface area contributed by atoms with Gasteiger partial charge in [0.1, 0.15) is 4.90 Å². The van der Waals surface area contributed by atoms with Gasteiger partial charge in [-0.3, -0.25) is 4.79 Å². The second kappa shape index (κ2) is 2.95. The van der Waals surface area contributed by atoms with Crippen molar-refractivity contribution >= 4 is 9.84 Å². The maximum Gasteiger partial charge on any atom is 0.266 e. The number of aromatic nitrogens is 1. The molecule has 14 heavy (non-hydrogen) atoms. The number of nitrogens with one attached hydrogen (secondary N) is 1. The summed E-state index contributed by atoms with van der Waals surface area (Å²) in [5.74, 6) is 0.427. The minimum absolute atomic E-state index is 0.151. The van der Waals surface area contributed by atoms with Crippen molar-refractivity contribution in [1.82, 2.24) is 4.98 Å². The van der Waals surface area contributed by atoms with Gasteiger partial charge in [0, 0.05) is 11.9 Å². The lowest BCUT2D eigenvalue weighted by molar-refractivity contribution is 0.600. The van der Waals surface area contributed by atoms with Gasteiger partial charge < -0.3 is 4.98 Å². The molecule has 0 atom stereocenters. The molecule has 0 radical (unpaired) electrons. The zero-order valence-corrected chi connectivity index (χ0v) is 8.60. The minimum Gasteiger partial charge on any atom is -0.325 e. The van der Waals surface area contributed by atoms with Crippen molar-refractivity contribution in [2.45, 2.75) is 23.7 Å².